The Bertz CT molecular complexity index is 852. The molecule has 1 amide bonds. The Morgan fingerprint density at radius 3 is 2.62 bits per heavy atom. The van der Waals surface area contributed by atoms with Gasteiger partial charge in [0.1, 0.15) is 17.1 Å². The van der Waals surface area contributed by atoms with Crippen LogP contribution in [0.1, 0.15) is 53.5 Å². The van der Waals surface area contributed by atoms with Crippen molar-refractivity contribution in [2.24, 2.45) is 5.73 Å². The van der Waals surface area contributed by atoms with E-state index in [1.54, 1.807) is 12.1 Å². The minimum absolute atomic E-state index is 0.00433. The van der Waals surface area contributed by atoms with Crippen molar-refractivity contribution < 1.29 is 14.0 Å². The average Bonchev–Trinajstić information content (AvgIpc) is 3.18. The van der Waals surface area contributed by atoms with Crippen LogP contribution in [-0.2, 0) is 4.79 Å². The van der Waals surface area contributed by atoms with Crippen LogP contribution in [0.3, 0.4) is 0 Å². The summed E-state index contributed by atoms with van der Waals surface area (Å²) >= 11 is 1.49. The van der Waals surface area contributed by atoms with Crippen molar-refractivity contribution in [3.05, 3.63) is 40.8 Å². The SMILES string of the molecule is NC(=O)C1(CC(=O)c2nc(C3CC3)sc2-c2ccc(F)cc2)CCCN1. The Hall–Kier alpha value is -2.12. The molecule has 2 heterocycles. The standard InChI is InChI=1S/C19H20FN3O2S/c20-13-6-4-11(5-7-13)16-15(23-17(26-16)12-2-3-12)14(24)10-19(18(21)25)8-1-9-22-19/h4-7,12,22H,1-3,8-10H2,(H2,21,25). The van der Waals surface area contributed by atoms with Gasteiger partial charge in [0, 0.05) is 12.3 Å². The highest BCUT2D eigenvalue weighted by atomic mass is 32.1. The molecule has 1 aromatic carbocycles. The van der Waals surface area contributed by atoms with Gasteiger partial charge in [-0.3, -0.25) is 9.59 Å². The predicted molar refractivity (Wildman–Crippen MR) is 97.6 cm³/mol. The number of nitrogens with zero attached hydrogens (tertiary/aromatic N) is 1. The van der Waals surface area contributed by atoms with Crippen LogP contribution in [0.25, 0.3) is 10.4 Å². The lowest BCUT2D eigenvalue weighted by molar-refractivity contribution is -0.123. The number of carbonyl (C=O) groups excluding carboxylic acids is 2. The van der Waals surface area contributed by atoms with E-state index in [0.717, 1.165) is 34.7 Å². The molecule has 1 aliphatic carbocycles. The highest BCUT2D eigenvalue weighted by molar-refractivity contribution is 7.15. The third kappa shape index (κ3) is 3.17. The minimum atomic E-state index is -0.986. The molecule has 5 nitrogen and oxygen atoms in total. The number of Topliss-reactive ketones (excluding diaryl/α,β-unsaturated/α-hetero) is 1. The smallest absolute Gasteiger partial charge is 0.238 e. The number of primary amides is 1. The van der Waals surface area contributed by atoms with Crippen molar-refractivity contribution >= 4 is 23.0 Å². The normalized spacial score (nSPS) is 22.5. The number of carbonyl (C=O) groups is 2. The molecule has 2 aliphatic rings. The molecule has 2 aromatic rings. The van der Waals surface area contributed by atoms with E-state index in [2.05, 4.69) is 10.3 Å². The van der Waals surface area contributed by atoms with Gasteiger partial charge < -0.3 is 11.1 Å². The van der Waals surface area contributed by atoms with Gasteiger partial charge in [-0.15, -0.1) is 11.3 Å². The fourth-order valence-corrected chi connectivity index (χ4v) is 4.70. The summed E-state index contributed by atoms with van der Waals surface area (Å²) in [5.41, 5.74) is 5.73. The zero-order valence-corrected chi connectivity index (χ0v) is 15.1. The van der Waals surface area contributed by atoms with Crippen LogP contribution in [0.2, 0.25) is 0 Å². The van der Waals surface area contributed by atoms with E-state index in [9.17, 15) is 14.0 Å². The summed E-state index contributed by atoms with van der Waals surface area (Å²) in [6, 6.07) is 6.08. The summed E-state index contributed by atoms with van der Waals surface area (Å²) in [6.07, 6.45) is 3.53. The second kappa shape index (κ2) is 6.55. The van der Waals surface area contributed by atoms with Crippen molar-refractivity contribution in [2.75, 3.05) is 6.54 Å². The number of aromatic nitrogens is 1. The molecular weight excluding hydrogens is 353 g/mol. The first-order valence-electron chi connectivity index (χ1n) is 8.83. The van der Waals surface area contributed by atoms with Gasteiger partial charge in [0.15, 0.2) is 5.78 Å². The molecule has 7 heteroatoms. The number of hydrogen-bond donors (Lipinski definition) is 2. The van der Waals surface area contributed by atoms with Gasteiger partial charge in [-0.05, 0) is 49.9 Å². The van der Waals surface area contributed by atoms with Crippen molar-refractivity contribution in [2.45, 2.75) is 43.6 Å². The maximum Gasteiger partial charge on any atom is 0.238 e. The number of ketones is 1. The maximum absolute atomic E-state index is 13.3. The van der Waals surface area contributed by atoms with Crippen LogP contribution >= 0.6 is 11.3 Å². The fraction of sp³-hybridized carbons (Fsp3) is 0.421. The highest BCUT2D eigenvalue weighted by Gasteiger charge is 2.42. The number of halogens is 1. The third-order valence-corrected chi connectivity index (χ3v) is 6.39. The minimum Gasteiger partial charge on any atom is -0.368 e. The van der Waals surface area contributed by atoms with Crippen molar-refractivity contribution in [1.82, 2.24) is 10.3 Å². The summed E-state index contributed by atoms with van der Waals surface area (Å²) < 4.78 is 13.3. The van der Waals surface area contributed by atoms with E-state index in [1.165, 1.54) is 23.5 Å². The molecule has 0 radical (unpaired) electrons. The Balaban J connectivity index is 1.69. The van der Waals surface area contributed by atoms with Crippen molar-refractivity contribution in [3.63, 3.8) is 0 Å². The molecule has 0 bridgehead atoms. The van der Waals surface area contributed by atoms with Crippen molar-refractivity contribution in [1.29, 1.82) is 0 Å². The quantitative estimate of drug-likeness (QED) is 0.762. The first kappa shape index (κ1) is 17.3. The van der Waals surface area contributed by atoms with Gasteiger partial charge in [0.2, 0.25) is 5.91 Å². The molecule has 1 unspecified atom stereocenters. The van der Waals surface area contributed by atoms with Crippen LogP contribution in [0, 0.1) is 5.82 Å². The van der Waals surface area contributed by atoms with Crippen LogP contribution in [0.4, 0.5) is 4.39 Å². The molecule has 1 aromatic heterocycles. The van der Waals surface area contributed by atoms with Crippen LogP contribution < -0.4 is 11.1 Å². The van der Waals surface area contributed by atoms with Crippen LogP contribution in [0.15, 0.2) is 24.3 Å². The predicted octanol–water partition coefficient (Wildman–Crippen LogP) is 3.01. The van der Waals surface area contributed by atoms with Gasteiger partial charge in [-0.2, -0.15) is 0 Å². The molecule has 2 fully saturated rings. The summed E-state index contributed by atoms with van der Waals surface area (Å²) in [4.78, 5) is 30.3. The lowest BCUT2D eigenvalue weighted by atomic mass is 9.89. The molecule has 1 aliphatic heterocycles. The number of amides is 1. The van der Waals surface area contributed by atoms with E-state index < -0.39 is 11.4 Å². The zero-order chi connectivity index (χ0) is 18.3. The lowest BCUT2D eigenvalue weighted by Crippen LogP contribution is -2.52. The summed E-state index contributed by atoms with van der Waals surface area (Å²) in [5, 5.41) is 4.05. The van der Waals surface area contributed by atoms with Gasteiger partial charge in [0.25, 0.3) is 0 Å². The summed E-state index contributed by atoms with van der Waals surface area (Å²) in [5.74, 6) is -0.600. The van der Waals surface area contributed by atoms with E-state index >= 15 is 0 Å². The van der Waals surface area contributed by atoms with E-state index in [4.69, 9.17) is 5.73 Å². The number of benzene rings is 1. The van der Waals surface area contributed by atoms with Crippen LogP contribution in [0.5, 0.6) is 0 Å². The monoisotopic (exact) mass is 373 g/mol. The second-order valence-corrected chi connectivity index (χ2v) is 8.12. The second-order valence-electron chi connectivity index (χ2n) is 7.09. The molecule has 0 spiro atoms. The molecule has 136 valence electrons. The van der Waals surface area contributed by atoms with E-state index in [1.807, 2.05) is 0 Å². The Morgan fingerprint density at radius 2 is 2.04 bits per heavy atom. The number of hydrogen-bond acceptors (Lipinski definition) is 5. The van der Waals surface area contributed by atoms with E-state index in [0.29, 0.717) is 24.6 Å². The highest BCUT2D eigenvalue weighted by Crippen LogP contribution is 2.45. The van der Waals surface area contributed by atoms with Gasteiger partial charge in [0.05, 0.1) is 9.88 Å². The number of thiazole rings is 1. The number of rotatable bonds is 6. The fourth-order valence-electron chi connectivity index (χ4n) is 3.44. The third-order valence-electron chi connectivity index (χ3n) is 5.12. The van der Waals surface area contributed by atoms with Gasteiger partial charge in [-0.25, -0.2) is 9.37 Å². The Kier molecular flexibility index (Phi) is 4.36. The molecule has 4 rings (SSSR count). The van der Waals surface area contributed by atoms with Gasteiger partial charge in [-0.1, -0.05) is 12.1 Å². The molecule has 26 heavy (non-hydrogen) atoms. The van der Waals surface area contributed by atoms with Crippen molar-refractivity contribution in [3.8, 4) is 10.4 Å². The Labute approximate surface area is 154 Å². The first-order chi connectivity index (χ1) is 12.5. The number of nitrogens with two attached hydrogens (primary N) is 1. The molecule has 1 saturated carbocycles. The summed E-state index contributed by atoms with van der Waals surface area (Å²) in [6.45, 7) is 0.672. The molecule has 1 atom stereocenters. The van der Waals surface area contributed by atoms with Crippen LogP contribution in [-0.4, -0.2) is 28.8 Å². The molecular formula is C19H20FN3O2S. The Morgan fingerprint density at radius 1 is 1.31 bits per heavy atom. The topological polar surface area (TPSA) is 85.1 Å². The largest absolute Gasteiger partial charge is 0.368 e. The molecule has 3 N–H and O–H groups in total. The lowest BCUT2D eigenvalue weighted by Gasteiger charge is -2.24. The maximum atomic E-state index is 13.3. The summed E-state index contributed by atoms with van der Waals surface area (Å²) in [7, 11) is 0. The van der Waals surface area contributed by atoms with Gasteiger partial charge >= 0.3 is 0 Å². The van der Waals surface area contributed by atoms with E-state index in [-0.39, 0.29) is 18.0 Å². The average molecular weight is 373 g/mol. The first-order valence-corrected chi connectivity index (χ1v) is 9.65. The number of nitrogens with one attached hydrogen (secondary N) is 1. The zero-order valence-electron chi connectivity index (χ0n) is 14.3. The molecule has 1 saturated heterocycles.